The highest BCUT2D eigenvalue weighted by atomic mass is 19.4. The molecule has 3 aromatic rings. The van der Waals surface area contributed by atoms with Gasteiger partial charge in [0.1, 0.15) is 0 Å². The summed E-state index contributed by atoms with van der Waals surface area (Å²) < 4.78 is 42.8. The molecule has 0 aliphatic carbocycles. The zero-order valence-electron chi connectivity index (χ0n) is 22.8. The van der Waals surface area contributed by atoms with E-state index >= 15 is 0 Å². The van der Waals surface area contributed by atoms with Gasteiger partial charge in [-0.2, -0.15) is 18.3 Å². The lowest BCUT2D eigenvalue weighted by molar-refractivity contribution is -0.137. The van der Waals surface area contributed by atoms with E-state index in [-0.39, 0.29) is 5.69 Å². The maximum atomic E-state index is 13.7. The number of aryl methyl sites for hydroxylation is 2. The van der Waals surface area contributed by atoms with Crippen molar-refractivity contribution in [3.05, 3.63) is 76.2 Å². The molecule has 2 heterocycles. The normalized spacial score (nSPS) is 13.5. The minimum Gasteiger partial charge on any atom is -0.383 e. The van der Waals surface area contributed by atoms with Crippen molar-refractivity contribution in [2.75, 3.05) is 42.8 Å². The Morgan fingerprint density at radius 1 is 1.10 bits per heavy atom. The average Bonchev–Trinajstić information content (AvgIpc) is 3.47. The molecule has 1 amide bonds. The Bertz CT molecular complexity index is 1410. The van der Waals surface area contributed by atoms with Crippen molar-refractivity contribution >= 4 is 28.7 Å². The van der Waals surface area contributed by atoms with Crippen LogP contribution in [0.25, 0.3) is 5.70 Å². The summed E-state index contributed by atoms with van der Waals surface area (Å²) in [6.07, 6.45) is -0.943. The second-order valence-electron chi connectivity index (χ2n) is 9.80. The monoisotopic (exact) mass is 542 g/mol. The van der Waals surface area contributed by atoms with Crippen LogP contribution in [-0.4, -0.2) is 47.8 Å². The number of hydrogen-bond acceptors (Lipinski definition) is 7. The molecule has 0 fully saturated rings. The van der Waals surface area contributed by atoms with Gasteiger partial charge in [0.15, 0.2) is 0 Å². The minimum absolute atomic E-state index is 0.0968. The van der Waals surface area contributed by atoms with Gasteiger partial charge in [0.05, 0.1) is 23.1 Å². The molecule has 9 nitrogen and oxygen atoms in total. The van der Waals surface area contributed by atoms with Crippen LogP contribution in [0.3, 0.4) is 0 Å². The summed E-state index contributed by atoms with van der Waals surface area (Å²) in [5.41, 5.74) is 10.9. The lowest BCUT2D eigenvalue weighted by atomic mass is 10.1. The third-order valence-corrected chi connectivity index (χ3v) is 6.68. The quantitative estimate of drug-likeness (QED) is 0.335. The van der Waals surface area contributed by atoms with E-state index in [4.69, 9.17) is 0 Å². The van der Waals surface area contributed by atoms with Crippen molar-refractivity contribution in [3.8, 4) is 0 Å². The number of rotatable bonds is 8. The number of alkyl halides is 3. The van der Waals surface area contributed by atoms with Crippen LogP contribution in [0.1, 0.15) is 38.3 Å². The van der Waals surface area contributed by atoms with Gasteiger partial charge in [-0.3, -0.25) is 14.5 Å². The topological polar surface area (TPSA) is 89.5 Å². The molecule has 4 N–H and O–H groups in total. The summed E-state index contributed by atoms with van der Waals surface area (Å²) in [4.78, 5) is 15.2. The van der Waals surface area contributed by atoms with Crippen LogP contribution in [0.5, 0.6) is 0 Å². The first-order valence-corrected chi connectivity index (χ1v) is 12.4. The molecule has 0 spiro atoms. The molecule has 0 saturated carbocycles. The Labute approximate surface area is 225 Å². The Balaban J connectivity index is 1.60. The Morgan fingerprint density at radius 2 is 1.82 bits per heavy atom. The molecule has 0 radical (unpaired) electrons. The fourth-order valence-electron chi connectivity index (χ4n) is 4.15. The van der Waals surface area contributed by atoms with Crippen LogP contribution in [0.15, 0.2) is 42.7 Å². The number of carbonyl (C=O) groups excluding carboxylic acids is 1. The van der Waals surface area contributed by atoms with E-state index in [1.807, 2.05) is 46.1 Å². The zero-order chi connectivity index (χ0) is 28.5. The number of carbonyl (C=O) groups is 1. The van der Waals surface area contributed by atoms with Gasteiger partial charge < -0.3 is 21.0 Å². The van der Waals surface area contributed by atoms with Gasteiger partial charge in [0, 0.05) is 54.5 Å². The van der Waals surface area contributed by atoms with E-state index in [0.29, 0.717) is 35.6 Å². The fourth-order valence-corrected chi connectivity index (χ4v) is 4.15. The second-order valence-corrected chi connectivity index (χ2v) is 9.80. The molecule has 0 saturated heterocycles. The van der Waals surface area contributed by atoms with Gasteiger partial charge >= 0.3 is 6.18 Å². The van der Waals surface area contributed by atoms with E-state index in [9.17, 15) is 18.0 Å². The Morgan fingerprint density at radius 3 is 2.46 bits per heavy atom. The number of benzene rings is 2. The summed E-state index contributed by atoms with van der Waals surface area (Å²) in [7, 11) is 5.62. The molecule has 1 aliphatic heterocycles. The molecule has 12 heteroatoms. The van der Waals surface area contributed by atoms with Crippen LogP contribution in [0, 0.1) is 20.8 Å². The highest BCUT2D eigenvalue weighted by Crippen LogP contribution is 2.36. The summed E-state index contributed by atoms with van der Waals surface area (Å²) >= 11 is 0. The third-order valence-electron chi connectivity index (χ3n) is 6.68. The highest BCUT2D eigenvalue weighted by Gasteiger charge is 2.32. The lowest BCUT2D eigenvalue weighted by Gasteiger charge is -2.20. The third kappa shape index (κ3) is 6.18. The van der Waals surface area contributed by atoms with Gasteiger partial charge in [0.25, 0.3) is 5.91 Å². The smallest absolute Gasteiger partial charge is 0.383 e. The van der Waals surface area contributed by atoms with Gasteiger partial charge in [0.2, 0.25) is 0 Å². The number of aromatic nitrogens is 2. The van der Waals surface area contributed by atoms with Crippen LogP contribution in [0.2, 0.25) is 0 Å². The number of nitrogens with one attached hydrogen (secondary N) is 4. The van der Waals surface area contributed by atoms with E-state index in [1.54, 1.807) is 41.0 Å². The first-order chi connectivity index (χ1) is 18.3. The maximum absolute atomic E-state index is 13.7. The summed E-state index contributed by atoms with van der Waals surface area (Å²) in [5, 5.41) is 11.8. The first kappa shape index (κ1) is 28.0. The molecular weight excluding hydrogens is 509 g/mol. The predicted octanol–water partition coefficient (Wildman–Crippen LogP) is 4.42. The number of likely N-dealkylation sites (N-methyl/N-ethyl adjacent to an activating group) is 1. The zero-order valence-corrected chi connectivity index (χ0v) is 22.8. The molecule has 4 rings (SSSR count). The van der Waals surface area contributed by atoms with Gasteiger partial charge in [-0.05, 0) is 70.3 Å². The Kier molecular flexibility index (Phi) is 7.89. The molecule has 0 bridgehead atoms. The van der Waals surface area contributed by atoms with Crippen LogP contribution in [0.4, 0.5) is 30.2 Å². The molecule has 2 aromatic carbocycles. The SMILES string of the molecule is Cc1ccc(C(=O)Nc2cc(C(F)(F)F)cc(NCCN(C)C)c2C)cc1N1C=C(c2cnn(C)c2C)NN1. The Hall–Kier alpha value is -4.03. The summed E-state index contributed by atoms with van der Waals surface area (Å²) in [5.74, 6) is -0.516. The van der Waals surface area contributed by atoms with Crippen LogP contribution in [-0.2, 0) is 13.2 Å². The van der Waals surface area contributed by atoms with Crippen molar-refractivity contribution in [2.24, 2.45) is 7.05 Å². The van der Waals surface area contributed by atoms with E-state index in [1.165, 1.54) is 0 Å². The number of nitrogens with zero attached hydrogens (tertiary/aromatic N) is 4. The number of hydrogen-bond donors (Lipinski definition) is 4. The van der Waals surface area contributed by atoms with Gasteiger partial charge in [-0.15, -0.1) is 5.53 Å². The predicted molar refractivity (Wildman–Crippen MR) is 147 cm³/mol. The van der Waals surface area contributed by atoms with E-state index < -0.39 is 17.6 Å². The number of hydrazine groups is 2. The standard InChI is InChI=1S/C27H33F3N8O/c1-16-7-8-19(11-25(16)38-15-24(34-35-38)21-14-32-37(6)18(21)3)26(39)33-23-13-20(27(28,29)30)12-22(17(23)2)31-9-10-36(4)5/h7-8,11-15,31,34-35H,9-10H2,1-6H3,(H,33,39). The molecule has 0 unspecified atom stereocenters. The molecule has 208 valence electrons. The van der Waals surface area contributed by atoms with Crippen molar-refractivity contribution in [2.45, 2.75) is 26.9 Å². The number of amides is 1. The molecule has 1 aromatic heterocycles. The molecule has 0 atom stereocenters. The number of halogens is 3. The van der Waals surface area contributed by atoms with Gasteiger partial charge in [-0.25, -0.2) is 0 Å². The van der Waals surface area contributed by atoms with Gasteiger partial charge in [-0.1, -0.05) is 6.07 Å². The van der Waals surface area contributed by atoms with Crippen LogP contribution < -0.4 is 26.6 Å². The lowest BCUT2D eigenvalue weighted by Crippen LogP contribution is -2.36. The fraction of sp³-hybridized carbons (Fsp3) is 0.333. The molecule has 1 aliphatic rings. The summed E-state index contributed by atoms with van der Waals surface area (Å²) in [6, 6.07) is 7.17. The van der Waals surface area contributed by atoms with Crippen molar-refractivity contribution in [3.63, 3.8) is 0 Å². The van der Waals surface area contributed by atoms with E-state index in [2.05, 4.69) is 26.7 Å². The number of anilines is 3. The average molecular weight is 543 g/mol. The largest absolute Gasteiger partial charge is 0.416 e. The molecular formula is C27H33F3N8O. The van der Waals surface area contributed by atoms with E-state index in [0.717, 1.165) is 34.7 Å². The van der Waals surface area contributed by atoms with Crippen molar-refractivity contribution < 1.29 is 18.0 Å². The minimum atomic E-state index is -4.56. The molecule has 39 heavy (non-hydrogen) atoms. The maximum Gasteiger partial charge on any atom is 0.416 e. The first-order valence-electron chi connectivity index (χ1n) is 12.4. The van der Waals surface area contributed by atoms with Crippen molar-refractivity contribution in [1.29, 1.82) is 0 Å². The highest BCUT2D eigenvalue weighted by molar-refractivity contribution is 6.05. The summed E-state index contributed by atoms with van der Waals surface area (Å²) in [6.45, 7) is 6.64. The van der Waals surface area contributed by atoms with Crippen molar-refractivity contribution in [1.82, 2.24) is 25.6 Å². The van der Waals surface area contributed by atoms with Crippen LogP contribution >= 0.6 is 0 Å². The second kappa shape index (κ2) is 11.0.